The van der Waals surface area contributed by atoms with Crippen LogP contribution in [0.5, 0.6) is 0 Å². The third kappa shape index (κ3) is 4.95. The molecule has 1 aromatic carbocycles. The summed E-state index contributed by atoms with van der Waals surface area (Å²) >= 11 is 1.73. The molecule has 1 saturated carbocycles. The average molecular weight is 425 g/mol. The van der Waals surface area contributed by atoms with Gasteiger partial charge in [0.25, 0.3) is 5.91 Å². The van der Waals surface area contributed by atoms with Crippen molar-refractivity contribution in [2.45, 2.75) is 48.8 Å². The minimum Gasteiger partial charge on any atom is -0.371 e. The van der Waals surface area contributed by atoms with Gasteiger partial charge in [0.1, 0.15) is 5.03 Å². The van der Waals surface area contributed by atoms with Crippen LogP contribution >= 0.6 is 11.8 Å². The van der Waals surface area contributed by atoms with Crippen molar-refractivity contribution in [1.29, 1.82) is 0 Å². The molecular weight excluding hydrogens is 396 g/mol. The van der Waals surface area contributed by atoms with Crippen molar-refractivity contribution in [2.75, 3.05) is 23.3 Å². The molecule has 0 atom stereocenters. The van der Waals surface area contributed by atoms with E-state index in [4.69, 9.17) is 5.73 Å². The van der Waals surface area contributed by atoms with E-state index in [2.05, 4.69) is 15.2 Å². The molecule has 4 rings (SSSR count). The smallest absolute Gasteiger partial charge is 0.258 e. The van der Waals surface area contributed by atoms with Crippen LogP contribution in [0.1, 0.15) is 48.9 Å². The first-order chi connectivity index (χ1) is 14.6. The first kappa shape index (κ1) is 20.7. The molecule has 6 nitrogen and oxygen atoms in total. The van der Waals surface area contributed by atoms with Crippen molar-refractivity contribution in [2.24, 2.45) is 11.7 Å². The molecule has 1 saturated heterocycles. The maximum atomic E-state index is 12.9. The van der Waals surface area contributed by atoms with Crippen LogP contribution in [0.3, 0.4) is 0 Å². The Morgan fingerprint density at radius 3 is 2.40 bits per heavy atom. The lowest BCUT2D eigenvalue weighted by molar-refractivity contribution is -0.122. The molecule has 0 radical (unpaired) electrons. The van der Waals surface area contributed by atoms with Gasteiger partial charge in [0.05, 0.1) is 5.56 Å². The minimum absolute atomic E-state index is 0.0180. The number of nitrogens with two attached hydrogens (primary N) is 1. The summed E-state index contributed by atoms with van der Waals surface area (Å²) in [6.07, 6.45) is 8.24. The number of aromatic nitrogens is 1. The van der Waals surface area contributed by atoms with E-state index in [1.54, 1.807) is 18.0 Å². The summed E-state index contributed by atoms with van der Waals surface area (Å²) in [5.74, 6) is -0.345. The van der Waals surface area contributed by atoms with E-state index < -0.39 is 0 Å². The van der Waals surface area contributed by atoms with Gasteiger partial charge in [-0.15, -0.1) is 11.8 Å². The van der Waals surface area contributed by atoms with Gasteiger partial charge in [-0.1, -0.05) is 12.8 Å². The predicted octanol–water partition coefficient (Wildman–Crippen LogP) is 4.07. The number of carbonyl (C=O) groups excluding carboxylic acids is 2. The Balaban J connectivity index is 1.38. The highest BCUT2D eigenvalue weighted by atomic mass is 32.2. The second kappa shape index (κ2) is 9.51. The van der Waals surface area contributed by atoms with E-state index in [0.29, 0.717) is 10.8 Å². The van der Waals surface area contributed by atoms with Crippen LogP contribution in [-0.2, 0) is 4.79 Å². The van der Waals surface area contributed by atoms with E-state index in [-0.39, 0.29) is 17.7 Å². The van der Waals surface area contributed by atoms with Crippen LogP contribution in [0, 0.1) is 5.92 Å². The third-order valence-electron chi connectivity index (χ3n) is 5.98. The molecule has 0 bridgehead atoms. The fourth-order valence-corrected chi connectivity index (χ4v) is 5.49. The van der Waals surface area contributed by atoms with Crippen molar-refractivity contribution >= 4 is 35.0 Å². The summed E-state index contributed by atoms with van der Waals surface area (Å²) < 4.78 is 0. The molecule has 0 unspecified atom stereocenters. The number of hydrogen-bond donors (Lipinski definition) is 2. The van der Waals surface area contributed by atoms with Gasteiger partial charge in [0.2, 0.25) is 5.91 Å². The summed E-state index contributed by atoms with van der Waals surface area (Å²) in [5.41, 5.74) is 7.90. The molecule has 1 aliphatic carbocycles. The second-order valence-electron chi connectivity index (χ2n) is 8.05. The van der Waals surface area contributed by atoms with Gasteiger partial charge in [-0.25, -0.2) is 4.98 Å². The van der Waals surface area contributed by atoms with Crippen molar-refractivity contribution in [3.8, 4) is 0 Å². The zero-order chi connectivity index (χ0) is 20.9. The molecule has 30 heavy (non-hydrogen) atoms. The lowest BCUT2D eigenvalue weighted by Crippen LogP contribution is -2.38. The Kier molecular flexibility index (Phi) is 6.57. The third-order valence-corrected chi connectivity index (χ3v) is 7.34. The molecule has 1 aliphatic heterocycles. The van der Waals surface area contributed by atoms with Crippen LogP contribution in [0.2, 0.25) is 0 Å². The van der Waals surface area contributed by atoms with Crippen LogP contribution in [0.25, 0.3) is 0 Å². The van der Waals surface area contributed by atoms with Crippen molar-refractivity contribution in [1.82, 2.24) is 4.98 Å². The minimum atomic E-state index is -0.200. The maximum absolute atomic E-state index is 12.9. The Bertz CT molecular complexity index is 888. The summed E-state index contributed by atoms with van der Waals surface area (Å²) in [7, 11) is 0. The Hall–Kier alpha value is -2.54. The highest BCUT2D eigenvalue weighted by molar-refractivity contribution is 7.99. The maximum Gasteiger partial charge on any atom is 0.258 e. The van der Waals surface area contributed by atoms with E-state index in [0.717, 1.165) is 42.3 Å². The largest absolute Gasteiger partial charge is 0.371 e. The predicted molar refractivity (Wildman–Crippen MR) is 121 cm³/mol. The van der Waals surface area contributed by atoms with Gasteiger partial charge in [0.15, 0.2) is 0 Å². The number of carbonyl (C=O) groups is 2. The Morgan fingerprint density at radius 2 is 1.73 bits per heavy atom. The number of nitrogens with one attached hydrogen (secondary N) is 1. The lowest BCUT2D eigenvalue weighted by Gasteiger charge is -2.32. The van der Waals surface area contributed by atoms with E-state index in [9.17, 15) is 9.59 Å². The number of rotatable bonds is 6. The average Bonchev–Trinajstić information content (AvgIpc) is 3.28. The number of benzene rings is 1. The van der Waals surface area contributed by atoms with Crippen LogP contribution in [-0.4, -0.2) is 35.1 Å². The number of piperidine rings is 1. The van der Waals surface area contributed by atoms with Gasteiger partial charge in [-0.3, -0.25) is 9.59 Å². The van der Waals surface area contributed by atoms with Gasteiger partial charge >= 0.3 is 0 Å². The number of anilines is 2. The van der Waals surface area contributed by atoms with Crippen LogP contribution < -0.4 is 16.0 Å². The highest BCUT2D eigenvalue weighted by Crippen LogP contribution is 2.35. The van der Waals surface area contributed by atoms with E-state index >= 15 is 0 Å². The summed E-state index contributed by atoms with van der Waals surface area (Å²) in [4.78, 5) is 30.9. The second-order valence-corrected chi connectivity index (χ2v) is 9.33. The molecule has 3 N–H and O–H groups in total. The Morgan fingerprint density at radius 1 is 1.03 bits per heavy atom. The van der Waals surface area contributed by atoms with Crippen molar-refractivity contribution in [3.63, 3.8) is 0 Å². The number of thioether (sulfide) groups is 1. The molecular formula is C23H28N4O2S. The van der Waals surface area contributed by atoms with Crippen molar-refractivity contribution in [3.05, 3.63) is 48.2 Å². The zero-order valence-electron chi connectivity index (χ0n) is 17.0. The van der Waals surface area contributed by atoms with E-state index in [1.165, 1.54) is 25.7 Å². The van der Waals surface area contributed by atoms with Crippen LogP contribution in [0.4, 0.5) is 11.4 Å². The molecule has 2 aliphatic rings. The first-order valence-electron chi connectivity index (χ1n) is 10.7. The normalized spacial score (nSPS) is 17.8. The van der Waals surface area contributed by atoms with Gasteiger partial charge < -0.3 is 16.0 Å². The molecule has 2 fully saturated rings. The topological polar surface area (TPSA) is 88.3 Å². The molecule has 0 spiro atoms. The monoisotopic (exact) mass is 424 g/mol. The number of nitrogens with zero attached hydrogens (tertiary/aromatic N) is 2. The first-order valence-corrected chi connectivity index (χ1v) is 11.6. The van der Waals surface area contributed by atoms with Gasteiger partial charge in [-0.05, 0) is 62.1 Å². The number of hydrogen-bond acceptors (Lipinski definition) is 5. The summed E-state index contributed by atoms with van der Waals surface area (Å²) in [5, 5.41) is 4.38. The van der Waals surface area contributed by atoms with Crippen molar-refractivity contribution < 1.29 is 9.59 Å². The molecule has 7 heteroatoms. The fourth-order valence-electron chi connectivity index (χ4n) is 4.20. The molecule has 2 heterocycles. The quantitative estimate of drug-likeness (QED) is 0.730. The standard InChI is InChI=1S/C23H28N4O2S/c24-21(28)16-11-14-27(15-12-16)18-9-7-17(8-10-18)26-22(29)20-6-3-13-25-23(20)30-19-4-1-2-5-19/h3,6-10,13,16,19H,1-2,4-5,11-12,14-15H2,(H2,24,28)(H,26,29). The highest BCUT2D eigenvalue weighted by Gasteiger charge is 2.23. The van der Waals surface area contributed by atoms with Crippen LogP contribution in [0.15, 0.2) is 47.6 Å². The fraction of sp³-hybridized carbons (Fsp3) is 0.435. The Labute approximate surface area is 181 Å². The van der Waals surface area contributed by atoms with Gasteiger partial charge in [0, 0.05) is 41.8 Å². The number of amides is 2. The SMILES string of the molecule is NC(=O)C1CCN(c2ccc(NC(=O)c3cccnc3SC3CCCC3)cc2)CC1. The molecule has 1 aromatic heterocycles. The summed E-state index contributed by atoms with van der Waals surface area (Å²) in [6.45, 7) is 1.63. The lowest BCUT2D eigenvalue weighted by atomic mass is 9.96. The van der Waals surface area contributed by atoms with Gasteiger partial charge in [-0.2, -0.15) is 0 Å². The van der Waals surface area contributed by atoms with E-state index in [1.807, 2.05) is 36.4 Å². The molecule has 2 amide bonds. The molecule has 2 aromatic rings. The number of pyridine rings is 1. The summed E-state index contributed by atoms with van der Waals surface area (Å²) in [6, 6.07) is 11.5. The molecule has 158 valence electrons. The zero-order valence-corrected chi connectivity index (χ0v) is 17.9. The number of primary amides is 1.